The fraction of sp³-hybridized carbons (Fsp3) is 0.414. The Labute approximate surface area is 237 Å². The van der Waals surface area contributed by atoms with Crippen molar-refractivity contribution in [2.75, 3.05) is 16.8 Å². The molecule has 4 atom stereocenters. The van der Waals surface area contributed by atoms with Gasteiger partial charge in [0, 0.05) is 23.7 Å². The van der Waals surface area contributed by atoms with Crippen molar-refractivity contribution >= 4 is 22.2 Å². The zero-order chi connectivity index (χ0) is 29.5. The molecular formula is C29H33F3N4O4S. The Morgan fingerprint density at radius 2 is 1.71 bits per heavy atom. The summed E-state index contributed by atoms with van der Waals surface area (Å²) in [4.78, 5) is 21.3. The lowest BCUT2D eigenvalue weighted by molar-refractivity contribution is 0.0521. The van der Waals surface area contributed by atoms with Gasteiger partial charge in [0.1, 0.15) is 28.8 Å². The molecular weight excluding hydrogens is 557 g/mol. The van der Waals surface area contributed by atoms with Crippen LogP contribution in [0.4, 0.5) is 18.9 Å². The molecule has 3 heterocycles. The first-order chi connectivity index (χ1) is 19.4. The minimum Gasteiger partial charge on any atom is -0.391 e. The number of benzene rings is 1. The number of nitrogens with zero attached hydrogens (tertiary/aromatic N) is 2. The van der Waals surface area contributed by atoms with Gasteiger partial charge in [-0.15, -0.1) is 0 Å². The van der Waals surface area contributed by atoms with Gasteiger partial charge in [-0.3, -0.25) is 18.9 Å². The first-order valence-corrected chi connectivity index (χ1v) is 15.4. The summed E-state index contributed by atoms with van der Waals surface area (Å²) in [7, 11) is -2.66. The van der Waals surface area contributed by atoms with Gasteiger partial charge in [0.25, 0.3) is 5.91 Å². The van der Waals surface area contributed by atoms with Gasteiger partial charge >= 0.3 is 0 Å². The molecule has 0 bridgehead atoms. The van der Waals surface area contributed by atoms with Gasteiger partial charge in [-0.2, -0.15) is 10.6 Å². The monoisotopic (exact) mass is 590 g/mol. The quantitative estimate of drug-likeness (QED) is 0.259. The largest absolute Gasteiger partial charge is 0.391 e. The van der Waals surface area contributed by atoms with Gasteiger partial charge in [-0.25, -0.2) is 18.2 Å². The summed E-state index contributed by atoms with van der Waals surface area (Å²) in [6, 6.07) is 5.63. The highest BCUT2D eigenvalue weighted by Gasteiger charge is 2.34. The number of anilines is 1. The maximum Gasteiger partial charge on any atom is 0.274 e. The number of hydrogen-bond acceptors (Lipinski definition) is 7. The van der Waals surface area contributed by atoms with Crippen LogP contribution in [0.25, 0.3) is 11.3 Å². The molecule has 2 aliphatic rings. The van der Waals surface area contributed by atoms with Gasteiger partial charge < -0.3 is 16.2 Å². The van der Waals surface area contributed by atoms with E-state index in [1.165, 1.54) is 6.20 Å². The van der Waals surface area contributed by atoms with Crippen LogP contribution < -0.4 is 11.1 Å². The Balaban J connectivity index is 1.39. The number of rotatable bonds is 5. The Morgan fingerprint density at radius 1 is 1.02 bits per heavy atom. The Kier molecular flexibility index (Phi) is 8.40. The fourth-order valence-corrected chi connectivity index (χ4v) is 7.45. The molecule has 3 aromatic rings. The molecule has 2 aromatic heterocycles. The summed E-state index contributed by atoms with van der Waals surface area (Å²) in [6.07, 6.45) is 4.34. The third kappa shape index (κ3) is 6.26. The summed E-state index contributed by atoms with van der Waals surface area (Å²) in [5.74, 6) is -3.81. The molecule has 5 rings (SSSR count). The molecule has 8 nitrogen and oxygen atoms in total. The second kappa shape index (κ2) is 11.7. The van der Waals surface area contributed by atoms with Crippen molar-refractivity contribution in [1.82, 2.24) is 9.97 Å². The first-order valence-electron chi connectivity index (χ1n) is 13.5. The average molecular weight is 591 g/mol. The number of hydrogen-bond donors (Lipinski definition) is 5. The van der Waals surface area contributed by atoms with E-state index in [1.54, 1.807) is 12.3 Å². The summed E-state index contributed by atoms with van der Waals surface area (Å²) in [5, 5.41) is 13.0. The summed E-state index contributed by atoms with van der Waals surface area (Å²) in [5.41, 5.74) is 6.09. The predicted octanol–water partition coefficient (Wildman–Crippen LogP) is 5.64. The number of halogens is 3. The molecule has 1 saturated carbocycles. The molecule has 1 aliphatic heterocycles. The van der Waals surface area contributed by atoms with Crippen LogP contribution in [0.3, 0.4) is 0 Å². The van der Waals surface area contributed by atoms with E-state index < -0.39 is 57.4 Å². The lowest BCUT2D eigenvalue weighted by atomic mass is 9.74. The summed E-state index contributed by atoms with van der Waals surface area (Å²) in [6.45, 7) is 1.91. The van der Waals surface area contributed by atoms with Crippen LogP contribution in [0.15, 0.2) is 42.7 Å². The highest BCUT2D eigenvalue weighted by Crippen LogP contribution is 2.48. The number of pyridine rings is 2. The second-order valence-corrected chi connectivity index (χ2v) is 13.5. The van der Waals surface area contributed by atoms with E-state index in [0.717, 1.165) is 29.8 Å². The number of nitrogens with two attached hydrogens (primary N) is 1. The molecule has 41 heavy (non-hydrogen) atoms. The number of aliphatic hydroxyl groups excluding tert-OH is 1. The Morgan fingerprint density at radius 3 is 2.37 bits per heavy atom. The average Bonchev–Trinajstić information content (AvgIpc) is 2.92. The SMILES string of the molecule is C[C@H]1C[C@@H](c2ccncc2NC(=O)c2ccc(F)c(-c3c(F)cc(C4CCS(O)(O)CC4)cc3F)n2)C[C@@H](N)[C@@H]1O. The fourth-order valence-electron chi connectivity index (χ4n) is 5.92. The van der Waals surface area contributed by atoms with Crippen LogP contribution in [0, 0.1) is 23.4 Å². The smallest absolute Gasteiger partial charge is 0.274 e. The van der Waals surface area contributed by atoms with Crippen LogP contribution in [0.2, 0.25) is 0 Å². The molecule has 220 valence electrons. The van der Waals surface area contributed by atoms with Crippen molar-refractivity contribution in [1.29, 1.82) is 0 Å². The van der Waals surface area contributed by atoms with E-state index in [0.29, 0.717) is 36.9 Å². The highest BCUT2D eigenvalue weighted by molar-refractivity contribution is 8.24. The summed E-state index contributed by atoms with van der Waals surface area (Å²) < 4.78 is 65.0. The van der Waals surface area contributed by atoms with Crippen LogP contribution >= 0.6 is 10.6 Å². The van der Waals surface area contributed by atoms with Gasteiger partial charge in [0.2, 0.25) is 0 Å². The molecule has 1 aliphatic carbocycles. The summed E-state index contributed by atoms with van der Waals surface area (Å²) >= 11 is 0. The van der Waals surface area contributed by atoms with E-state index >= 15 is 8.78 Å². The Hall–Kier alpha value is -3.03. The number of carbonyl (C=O) groups excluding carboxylic acids is 1. The van der Waals surface area contributed by atoms with Crippen molar-refractivity contribution in [2.24, 2.45) is 11.7 Å². The minimum atomic E-state index is -2.66. The molecule has 12 heteroatoms. The van der Waals surface area contributed by atoms with Crippen LogP contribution in [0.1, 0.15) is 66.1 Å². The Bertz CT molecular complexity index is 1410. The standard InChI is InChI=1S/C29H33F3N4O4S/c1-15-10-18(13-23(33)28(15)37)19-4-7-34-14-25(19)36-29(38)24-3-2-20(30)27(35-24)26-21(31)11-17(12-22(26)32)16-5-8-41(39,40)9-6-16/h2-4,7,11-12,14-16,18,23,28,37,39-40H,5-6,8-10,13,33H2,1H3,(H,36,38)/t15-,18+,23+,28+/m0/s1. The third-order valence-electron chi connectivity index (χ3n) is 8.22. The molecule has 1 saturated heterocycles. The molecule has 0 radical (unpaired) electrons. The van der Waals surface area contributed by atoms with Crippen molar-refractivity contribution in [3.05, 3.63) is 77.0 Å². The third-order valence-corrected chi connectivity index (χ3v) is 9.99. The molecule has 1 amide bonds. The minimum absolute atomic E-state index is 0.0445. The number of aromatic nitrogens is 2. The van der Waals surface area contributed by atoms with E-state index in [1.807, 2.05) is 6.92 Å². The van der Waals surface area contributed by atoms with Gasteiger partial charge in [-0.05, 0) is 84.9 Å². The number of aliphatic hydroxyl groups is 1. The zero-order valence-corrected chi connectivity index (χ0v) is 23.3. The van der Waals surface area contributed by atoms with Gasteiger partial charge in [0.15, 0.2) is 0 Å². The number of nitrogens with one attached hydrogen (secondary N) is 1. The lowest BCUT2D eigenvalue weighted by Gasteiger charge is -2.39. The number of amides is 1. The van der Waals surface area contributed by atoms with E-state index in [9.17, 15) is 23.4 Å². The maximum atomic E-state index is 15.2. The topological polar surface area (TPSA) is 142 Å². The first kappa shape index (κ1) is 29.5. The van der Waals surface area contributed by atoms with Crippen LogP contribution in [0.5, 0.6) is 0 Å². The van der Waals surface area contributed by atoms with Crippen molar-refractivity contribution in [3.63, 3.8) is 0 Å². The lowest BCUT2D eigenvalue weighted by Crippen LogP contribution is -2.44. The molecule has 6 N–H and O–H groups in total. The van der Waals surface area contributed by atoms with Crippen molar-refractivity contribution in [2.45, 2.75) is 56.6 Å². The molecule has 2 fully saturated rings. The zero-order valence-electron chi connectivity index (χ0n) is 22.4. The van der Waals surface area contributed by atoms with Gasteiger partial charge in [0.05, 0.1) is 23.6 Å². The highest BCUT2D eigenvalue weighted by atomic mass is 32.3. The normalized spacial score (nSPS) is 25.5. The maximum absolute atomic E-state index is 15.2. The van der Waals surface area contributed by atoms with Gasteiger partial charge in [-0.1, -0.05) is 6.92 Å². The van der Waals surface area contributed by atoms with E-state index in [4.69, 9.17) is 5.73 Å². The molecule has 1 aromatic carbocycles. The predicted molar refractivity (Wildman–Crippen MR) is 151 cm³/mol. The van der Waals surface area contributed by atoms with Crippen molar-refractivity contribution in [3.8, 4) is 11.3 Å². The second-order valence-electron chi connectivity index (χ2n) is 11.1. The van der Waals surface area contributed by atoms with Crippen LogP contribution in [-0.2, 0) is 0 Å². The van der Waals surface area contributed by atoms with E-state index in [-0.39, 0.29) is 35.0 Å². The number of carbonyl (C=O) groups is 1. The molecule has 0 spiro atoms. The van der Waals surface area contributed by atoms with Crippen LogP contribution in [-0.4, -0.2) is 53.7 Å². The molecule has 0 unspecified atom stereocenters. The van der Waals surface area contributed by atoms with E-state index in [2.05, 4.69) is 15.3 Å². The van der Waals surface area contributed by atoms with Crippen molar-refractivity contribution < 1.29 is 32.2 Å².